The quantitative estimate of drug-likeness (QED) is 0.530. The first-order valence-corrected chi connectivity index (χ1v) is 4.39. The zero-order valence-corrected chi connectivity index (χ0v) is 6.58. The zero-order chi connectivity index (χ0) is 6.69. The van der Waals surface area contributed by atoms with E-state index in [1.807, 2.05) is 11.8 Å². The molecule has 0 aromatic carbocycles. The highest BCUT2D eigenvalue weighted by atomic mass is 32.2. The van der Waals surface area contributed by atoms with Crippen LogP contribution < -0.4 is 0 Å². The van der Waals surface area contributed by atoms with Crippen LogP contribution in [0.5, 0.6) is 0 Å². The van der Waals surface area contributed by atoms with Crippen molar-refractivity contribution in [1.29, 1.82) is 0 Å². The molecule has 0 aromatic rings. The van der Waals surface area contributed by atoms with Gasteiger partial charge in [0.1, 0.15) is 0 Å². The van der Waals surface area contributed by atoms with Crippen LogP contribution in [0.15, 0.2) is 0 Å². The highest BCUT2D eigenvalue weighted by Crippen LogP contribution is 2.33. The molecular formula is C8H12S. The summed E-state index contributed by atoms with van der Waals surface area (Å²) in [6.45, 7) is 2.10. The molecule has 1 unspecified atom stereocenters. The van der Waals surface area contributed by atoms with Gasteiger partial charge in [-0.3, -0.25) is 0 Å². The van der Waals surface area contributed by atoms with Crippen molar-refractivity contribution in [3.63, 3.8) is 0 Å². The minimum Gasteiger partial charge on any atom is -0.142 e. The van der Waals surface area contributed by atoms with Gasteiger partial charge in [-0.1, -0.05) is 12.3 Å². The number of hydrogen-bond donors (Lipinski definition) is 0. The molecule has 0 bridgehead atoms. The van der Waals surface area contributed by atoms with Crippen LogP contribution in [0, 0.1) is 12.3 Å². The average Bonchev–Trinajstić information content (AvgIpc) is 1.78. The van der Waals surface area contributed by atoms with Crippen LogP contribution in [0.1, 0.15) is 26.2 Å². The number of rotatable bonds is 2. The molecule has 9 heavy (non-hydrogen) atoms. The molecule has 0 aromatic heterocycles. The van der Waals surface area contributed by atoms with Crippen molar-refractivity contribution in [2.24, 2.45) is 0 Å². The first-order valence-electron chi connectivity index (χ1n) is 3.44. The van der Waals surface area contributed by atoms with Crippen molar-refractivity contribution in [3.05, 3.63) is 0 Å². The Morgan fingerprint density at radius 3 is 2.67 bits per heavy atom. The van der Waals surface area contributed by atoms with Gasteiger partial charge in [0.25, 0.3) is 0 Å². The summed E-state index contributed by atoms with van der Waals surface area (Å²) in [5, 5.41) is 1.31. The third-order valence-corrected chi connectivity index (χ3v) is 3.08. The van der Waals surface area contributed by atoms with E-state index in [-0.39, 0.29) is 0 Å². The van der Waals surface area contributed by atoms with E-state index in [0.29, 0.717) is 5.25 Å². The average molecular weight is 140 g/mol. The van der Waals surface area contributed by atoms with E-state index in [0.717, 1.165) is 5.25 Å². The van der Waals surface area contributed by atoms with Crippen LogP contribution in [-0.2, 0) is 0 Å². The molecule has 1 rings (SSSR count). The maximum Gasteiger partial charge on any atom is 0.0629 e. The Morgan fingerprint density at radius 2 is 2.33 bits per heavy atom. The van der Waals surface area contributed by atoms with Crippen molar-refractivity contribution >= 4 is 11.8 Å². The van der Waals surface area contributed by atoms with Crippen molar-refractivity contribution in [2.45, 2.75) is 36.7 Å². The molecule has 1 fully saturated rings. The van der Waals surface area contributed by atoms with Gasteiger partial charge in [0, 0.05) is 5.25 Å². The van der Waals surface area contributed by atoms with Crippen molar-refractivity contribution in [1.82, 2.24) is 0 Å². The summed E-state index contributed by atoms with van der Waals surface area (Å²) in [7, 11) is 0. The molecule has 0 aliphatic heterocycles. The topological polar surface area (TPSA) is 0 Å². The first kappa shape index (κ1) is 7.02. The van der Waals surface area contributed by atoms with Gasteiger partial charge >= 0.3 is 0 Å². The Balaban J connectivity index is 2.10. The second-order valence-corrected chi connectivity index (χ2v) is 4.14. The minimum atomic E-state index is 0.426. The molecule has 0 spiro atoms. The summed E-state index contributed by atoms with van der Waals surface area (Å²) in [6.07, 6.45) is 9.41. The summed E-state index contributed by atoms with van der Waals surface area (Å²) in [4.78, 5) is 0. The SMILES string of the molecule is C#CC(C)SC1CCC1. The Hall–Kier alpha value is -0.0900. The third-order valence-electron chi connectivity index (χ3n) is 1.68. The van der Waals surface area contributed by atoms with Gasteiger partial charge in [-0.05, 0) is 19.8 Å². The highest BCUT2D eigenvalue weighted by molar-refractivity contribution is 8.00. The second-order valence-electron chi connectivity index (χ2n) is 2.50. The lowest BCUT2D eigenvalue weighted by Crippen LogP contribution is -2.15. The summed E-state index contributed by atoms with van der Waals surface area (Å²) < 4.78 is 0. The Bertz CT molecular complexity index is 119. The van der Waals surface area contributed by atoms with Gasteiger partial charge in [0.15, 0.2) is 0 Å². The van der Waals surface area contributed by atoms with Crippen LogP contribution in [0.2, 0.25) is 0 Å². The minimum absolute atomic E-state index is 0.426. The standard InChI is InChI=1S/C8H12S/c1-3-7(2)9-8-5-4-6-8/h1,7-8H,4-6H2,2H3. The second kappa shape index (κ2) is 3.17. The molecule has 0 N–H and O–H groups in total. The van der Waals surface area contributed by atoms with Gasteiger partial charge in [-0.15, -0.1) is 18.2 Å². The van der Waals surface area contributed by atoms with Gasteiger partial charge in [-0.25, -0.2) is 0 Å². The molecular weight excluding hydrogens is 128 g/mol. The molecule has 1 aliphatic rings. The van der Waals surface area contributed by atoms with Crippen LogP contribution >= 0.6 is 11.8 Å². The first-order chi connectivity index (χ1) is 4.33. The van der Waals surface area contributed by atoms with E-state index in [4.69, 9.17) is 6.42 Å². The molecule has 50 valence electrons. The molecule has 0 saturated heterocycles. The Morgan fingerprint density at radius 1 is 1.67 bits per heavy atom. The molecule has 1 heteroatoms. The van der Waals surface area contributed by atoms with Crippen molar-refractivity contribution in [2.75, 3.05) is 0 Å². The summed E-state index contributed by atoms with van der Waals surface area (Å²) >= 11 is 1.95. The van der Waals surface area contributed by atoms with E-state index in [1.165, 1.54) is 19.3 Å². The van der Waals surface area contributed by atoms with Crippen LogP contribution in [0.25, 0.3) is 0 Å². The summed E-state index contributed by atoms with van der Waals surface area (Å²) in [5.41, 5.74) is 0. The van der Waals surface area contributed by atoms with Crippen molar-refractivity contribution in [3.8, 4) is 12.3 Å². The summed E-state index contributed by atoms with van der Waals surface area (Å²) in [5.74, 6) is 2.73. The molecule has 1 atom stereocenters. The molecule has 1 aliphatic carbocycles. The van der Waals surface area contributed by atoms with E-state index in [2.05, 4.69) is 12.8 Å². The van der Waals surface area contributed by atoms with E-state index in [1.54, 1.807) is 0 Å². The molecule has 1 saturated carbocycles. The normalized spacial score (nSPS) is 22.2. The number of terminal acetylenes is 1. The predicted octanol–water partition coefficient (Wildman–Crippen LogP) is 2.29. The fourth-order valence-corrected chi connectivity index (χ4v) is 2.10. The van der Waals surface area contributed by atoms with Crippen LogP contribution in [0.3, 0.4) is 0 Å². The Labute approximate surface area is 61.4 Å². The van der Waals surface area contributed by atoms with Gasteiger partial charge < -0.3 is 0 Å². The lowest BCUT2D eigenvalue weighted by Gasteiger charge is -2.25. The van der Waals surface area contributed by atoms with Gasteiger partial charge in [0.2, 0.25) is 0 Å². The monoisotopic (exact) mass is 140 g/mol. The predicted molar refractivity (Wildman–Crippen MR) is 43.5 cm³/mol. The lowest BCUT2D eigenvalue weighted by molar-refractivity contribution is 0.521. The maximum atomic E-state index is 5.23. The van der Waals surface area contributed by atoms with E-state index in [9.17, 15) is 0 Å². The lowest BCUT2D eigenvalue weighted by atomic mass is 10.00. The van der Waals surface area contributed by atoms with E-state index < -0.39 is 0 Å². The number of thioether (sulfide) groups is 1. The maximum absolute atomic E-state index is 5.23. The van der Waals surface area contributed by atoms with Crippen LogP contribution in [0.4, 0.5) is 0 Å². The van der Waals surface area contributed by atoms with E-state index >= 15 is 0 Å². The molecule has 0 amide bonds. The molecule has 0 radical (unpaired) electrons. The smallest absolute Gasteiger partial charge is 0.0629 e. The molecule has 0 nitrogen and oxygen atoms in total. The van der Waals surface area contributed by atoms with Crippen LogP contribution in [-0.4, -0.2) is 10.5 Å². The highest BCUT2D eigenvalue weighted by Gasteiger charge is 2.19. The third kappa shape index (κ3) is 1.95. The van der Waals surface area contributed by atoms with Gasteiger partial charge in [0.05, 0.1) is 5.25 Å². The fraction of sp³-hybridized carbons (Fsp3) is 0.750. The summed E-state index contributed by atoms with van der Waals surface area (Å²) in [6, 6.07) is 0. The largest absolute Gasteiger partial charge is 0.142 e. The van der Waals surface area contributed by atoms with Gasteiger partial charge in [-0.2, -0.15) is 0 Å². The molecule has 0 heterocycles. The van der Waals surface area contributed by atoms with Crippen molar-refractivity contribution < 1.29 is 0 Å². The Kier molecular flexibility index (Phi) is 2.48. The fourth-order valence-electron chi connectivity index (χ4n) is 0.835. The zero-order valence-electron chi connectivity index (χ0n) is 5.76. The number of hydrogen-bond acceptors (Lipinski definition) is 1.